The fraction of sp³-hybridized carbons (Fsp3) is 0.640. The Bertz CT molecular complexity index is 2380. The second kappa shape index (κ2) is 16.3. The van der Waals surface area contributed by atoms with Crippen molar-refractivity contribution in [3.05, 3.63) is 47.6 Å². The number of nitrogens with two attached hydrogens (primary N) is 1. The third-order valence-corrected chi connectivity index (χ3v) is 18.1. The molecule has 0 aliphatic heterocycles. The van der Waals surface area contributed by atoms with Crippen LogP contribution in [-0.4, -0.2) is 98.7 Å². The molecule has 8 aliphatic rings. The monoisotopic (exact) mass is 913 g/mol. The Morgan fingerprint density at radius 1 is 0.621 bits per heavy atom. The van der Waals surface area contributed by atoms with Crippen molar-refractivity contribution in [1.29, 1.82) is 0 Å². The molecule has 8 rings (SSSR count). The molecule has 0 aromatic carbocycles. The van der Waals surface area contributed by atoms with Gasteiger partial charge in [-0.1, -0.05) is 51.0 Å². The first-order valence-corrected chi connectivity index (χ1v) is 23.2. The van der Waals surface area contributed by atoms with E-state index in [4.69, 9.17) is 19.9 Å². The zero-order valence-corrected chi connectivity index (χ0v) is 37.9. The molecule has 0 bridgehead atoms. The molecule has 0 heterocycles. The van der Waals surface area contributed by atoms with Gasteiger partial charge < -0.3 is 30.2 Å². The average Bonchev–Trinajstić information content (AvgIpc) is 3.65. The van der Waals surface area contributed by atoms with E-state index in [-0.39, 0.29) is 78.9 Å². The molecule has 354 valence electrons. The number of allylic oxidation sites excluding steroid dienone is 8. The number of carbonyl (C=O) groups is 10. The third kappa shape index (κ3) is 7.10. The zero-order chi connectivity index (χ0) is 48.0. The summed E-state index contributed by atoms with van der Waals surface area (Å²) in [6.45, 7) is 5.60. The van der Waals surface area contributed by atoms with Crippen molar-refractivity contribution < 1.29 is 72.4 Å². The van der Waals surface area contributed by atoms with Crippen LogP contribution in [0.1, 0.15) is 118 Å². The maximum atomic E-state index is 13.9. The predicted octanol–water partition coefficient (Wildman–Crippen LogP) is 3.36. The minimum Gasteiger partial charge on any atom is -0.458 e. The van der Waals surface area contributed by atoms with Gasteiger partial charge in [-0.3, -0.25) is 47.9 Å². The summed E-state index contributed by atoms with van der Waals surface area (Å²) in [6.07, 6.45) is 10.1. The first-order chi connectivity index (χ1) is 30.9. The maximum absolute atomic E-state index is 13.9. The minimum atomic E-state index is -2.09. The van der Waals surface area contributed by atoms with Crippen LogP contribution in [0.5, 0.6) is 0 Å². The molecule has 0 spiro atoms. The van der Waals surface area contributed by atoms with Gasteiger partial charge in [-0.25, -0.2) is 0 Å². The highest BCUT2D eigenvalue weighted by atomic mass is 16.6. The van der Waals surface area contributed by atoms with E-state index in [0.717, 1.165) is 11.1 Å². The lowest BCUT2D eigenvalue weighted by molar-refractivity contribution is -0.175. The minimum absolute atomic E-state index is 0.0544. The highest BCUT2D eigenvalue weighted by molar-refractivity contribution is 6.03. The van der Waals surface area contributed by atoms with E-state index in [0.29, 0.717) is 32.1 Å². The molecule has 0 radical (unpaired) electrons. The summed E-state index contributed by atoms with van der Waals surface area (Å²) in [6, 6.07) is 0. The van der Waals surface area contributed by atoms with Crippen LogP contribution in [0.2, 0.25) is 0 Å². The highest BCUT2D eigenvalue weighted by Crippen LogP contribution is 2.68. The van der Waals surface area contributed by atoms with E-state index in [1.165, 1.54) is 12.2 Å². The number of esters is 4. The number of ether oxygens (including phenoxy) is 3. The predicted molar refractivity (Wildman–Crippen MR) is 229 cm³/mol. The zero-order valence-electron chi connectivity index (χ0n) is 37.9. The molecule has 6 saturated carbocycles. The Labute approximate surface area is 382 Å². The van der Waals surface area contributed by atoms with E-state index in [1.807, 2.05) is 19.9 Å². The van der Waals surface area contributed by atoms with Gasteiger partial charge in [0.15, 0.2) is 24.8 Å². The molecule has 12 atom stereocenters. The van der Waals surface area contributed by atoms with E-state index in [1.54, 1.807) is 32.1 Å². The van der Waals surface area contributed by atoms with Crippen LogP contribution in [0.4, 0.5) is 0 Å². The number of aliphatic hydroxyl groups is 2. The smallest absolute Gasteiger partial charge is 0.314 e. The molecule has 66 heavy (non-hydrogen) atoms. The van der Waals surface area contributed by atoms with E-state index in [9.17, 15) is 58.2 Å². The van der Waals surface area contributed by atoms with Crippen LogP contribution in [-0.2, 0) is 62.2 Å². The average molecular weight is 914 g/mol. The van der Waals surface area contributed by atoms with Gasteiger partial charge in [0, 0.05) is 51.9 Å². The van der Waals surface area contributed by atoms with Crippen molar-refractivity contribution in [3.63, 3.8) is 0 Å². The van der Waals surface area contributed by atoms with Crippen molar-refractivity contribution in [2.75, 3.05) is 13.2 Å². The molecular weight excluding hydrogens is 855 g/mol. The second-order valence-corrected chi connectivity index (χ2v) is 21.1. The van der Waals surface area contributed by atoms with Crippen LogP contribution < -0.4 is 5.73 Å². The molecule has 0 aromatic heterocycles. The second-order valence-electron chi connectivity index (χ2n) is 21.1. The normalized spacial score (nSPS) is 40.6. The lowest BCUT2D eigenvalue weighted by Crippen LogP contribution is -2.71. The Hall–Kier alpha value is -5.06. The van der Waals surface area contributed by atoms with Crippen molar-refractivity contribution in [2.45, 2.75) is 134 Å². The summed E-state index contributed by atoms with van der Waals surface area (Å²) in [4.78, 5) is 129. The molecule has 0 aromatic rings. The summed E-state index contributed by atoms with van der Waals surface area (Å²) >= 11 is 0. The lowest BCUT2D eigenvalue weighted by Gasteiger charge is -2.61. The van der Waals surface area contributed by atoms with Gasteiger partial charge in [-0.2, -0.15) is 0 Å². The van der Waals surface area contributed by atoms with Gasteiger partial charge >= 0.3 is 23.9 Å². The van der Waals surface area contributed by atoms with Gasteiger partial charge in [0.1, 0.15) is 22.8 Å². The molecule has 16 heteroatoms. The number of fused-ring (bicyclic) bond motifs is 10. The van der Waals surface area contributed by atoms with Gasteiger partial charge in [0.25, 0.3) is 0 Å². The summed E-state index contributed by atoms with van der Waals surface area (Å²) in [7, 11) is 0. The van der Waals surface area contributed by atoms with Gasteiger partial charge in [-0.15, -0.1) is 0 Å². The van der Waals surface area contributed by atoms with Crippen LogP contribution in [0.3, 0.4) is 0 Å². The molecule has 0 amide bonds. The topological polar surface area (TPSA) is 265 Å². The molecule has 8 aliphatic carbocycles. The Morgan fingerprint density at radius 2 is 1.12 bits per heavy atom. The fourth-order valence-electron chi connectivity index (χ4n) is 14.3. The molecular formula is C50H59NO15. The Kier molecular flexibility index (Phi) is 11.7. The SMILES string of the molecule is C[C@@]12CC(=O)[C@@H]3[C@H](CCC4=CC(=O)C=C[C@]43C)[C@@]1(N)CC[C@@]2(O)C(=O)COC(=O)CCC(=O)OC(=O)CCC(=O)OCC(=O)[C@@]1(O)CC[C@H]2[C@@H]3CCC4=CC(=O)C=C[C@]4(C)[C@H]3C(=O)C[C@@]21C. The van der Waals surface area contributed by atoms with Crippen LogP contribution >= 0.6 is 0 Å². The summed E-state index contributed by atoms with van der Waals surface area (Å²) in [5, 5.41) is 23.8. The number of rotatable bonds is 12. The number of Topliss-reactive ketones (excluding diaryl/α,β-unsaturated/α-hetero) is 4. The van der Waals surface area contributed by atoms with Gasteiger partial charge in [0.05, 0.1) is 25.7 Å². The summed E-state index contributed by atoms with van der Waals surface area (Å²) < 4.78 is 15.0. The number of carbonyl (C=O) groups excluding carboxylic acids is 10. The van der Waals surface area contributed by atoms with Crippen LogP contribution in [0.15, 0.2) is 47.6 Å². The van der Waals surface area contributed by atoms with Crippen LogP contribution in [0, 0.1) is 51.2 Å². The first-order valence-electron chi connectivity index (χ1n) is 23.2. The maximum Gasteiger partial charge on any atom is 0.314 e. The van der Waals surface area contributed by atoms with Crippen molar-refractivity contribution in [1.82, 2.24) is 0 Å². The van der Waals surface area contributed by atoms with Gasteiger partial charge in [-0.05, 0) is 93.4 Å². The molecule has 4 N–H and O–H groups in total. The quantitative estimate of drug-likeness (QED) is 0.144. The van der Waals surface area contributed by atoms with Gasteiger partial charge in [0.2, 0.25) is 11.6 Å². The van der Waals surface area contributed by atoms with E-state index in [2.05, 4.69) is 0 Å². The molecule has 16 nitrogen and oxygen atoms in total. The molecule has 0 saturated heterocycles. The largest absolute Gasteiger partial charge is 0.458 e. The summed E-state index contributed by atoms with van der Waals surface area (Å²) in [5.74, 6) is -7.89. The van der Waals surface area contributed by atoms with E-state index >= 15 is 0 Å². The fourth-order valence-corrected chi connectivity index (χ4v) is 14.3. The summed E-state index contributed by atoms with van der Waals surface area (Å²) in [5.41, 5.74) is -0.0333. The van der Waals surface area contributed by atoms with Crippen molar-refractivity contribution >= 4 is 58.6 Å². The highest BCUT2D eigenvalue weighted by Gasteiger charge is 2.74. The van der Waals surface area contributed by atoms with Crippen LogP contribution in [0.25, 0.3) is 0 Å². The van der Waals surface area contributed by atoms with E-state index < -0.39 is 119 Å². The Balaban J connectivity index is 0.766. The van der Waals surface area contributed by atoms with Crippen molar-refractivity contribution in [3.8, 4) is 0 Å². The number of ketones is 6. The van der Waals surface area contributed by atoms with Crippen molar-refractivity contribution in [2.24, 2.45) is 57.0 Å². The molecule has 0 unspecified atom stereocenters. The number of hydrogen-bond donors (Lipinski definition) is 3. The standard InChI is InChI=1S/C50H59NO15/c1-44-16-13-29(52)21-27(44)5-7-31-32-15-18-49(62,46(32,3)23-34(54)42(31)44)36(56)25-64-38(58)9-11-40(60)66-41(61)12-10-39(59)65-26-37(57)50(63)20-19-48(51)33-8-6-28-22-30(53)14-17-45(28,2)43(33)35(55)24-47(48,50)4/h13-14,16-17,21-22,31-33,42-43,62-63H,5-12,15,18-20,23-26,51H2,1-4H3/t31-,32-,33-,42+,43-,44-,45+,46-,47+,48-,49-,50+/m0/s1. The lowest BCUT2D eigenvalue weighted by atomic mass is 9.44. The third-order valence-electron chi connectivity index (χ3n) is 18.1. The first kappa shape index (κ1) is 47.4. The molecule has 6 fully saturated rings. The Morgan fingerprint density at radius 3 is 1.70 bits per heavy atom. The number of hydrogen-bond acceptors (Lipinski definition) is 16.